The van der Waals surface area contributed by atoms with E-state index < -0.39 is 4.92 Å². The summed E-state index contributed by atoms with van der Waals surface area (Å²) < 4.78 is 0.701. The molecule has 4 nitrogen and oxygen atoms in total. The minimum Gasteiger partial charge on any atom is -0.360 e. The Kier molecular flexibility index (Phi) is 2.78. The Bertz CT molecular complexity index is 575. The lowest BCUT2D eigenvalue weighted by Crippen LogP contribution is -1.88. The Morgan fingerprint density at radius 3 is 2.94 bits per heavy atom. The molecule has 1 heterocycles. The lowest BCUT2D eigenvalue weighted by atomic mass is 10.1. The molecule has 1 aromatic heterocycles. The van der Waals surface area contributed by atoms with Gasteiger partial charge in [-0.15, -0.1) is 6.58 Å². The van der Waals surface area contributed by atoms with E-state index in [1.165, 1.54) is 6.07 Å². The molecule has 0 aliphatic rings. The number of non-ortho nitro benzene ring substituents is 1. The summed E-state index contributed by atoms with van der Waals surface area (Å²) >= 11 is 3.32. The number of nitrogens with zero attached hydrogens (tertiary/aromatic N) is 1. The van der Waals surface area contributed by atoms with Crippen LogP contribution in [-0.2, 0) is 6.42 Å². The molecule has 0 atom stereocenters. The summed E-state index contributed by atoms with van der Waals surface area (Å²) in [4.78, 5) is 13.4. The average Bonchev–Trinajstić information content (AvgIpc) is 2.63. The predicted octanol–water partition coefficient (Wildman–Crippen LogP) is 3.57. The second kappa shape index (κ2) is 4.09. The van der Waals surface area contributed by atoms with Crippen LogP contribution in [0.3, 0.4) is 0 Å². The van der Waals surface area contributed by atoms with Gasteiger partial charge < -0.3 is 4.98 Å². The number of halogens is 1. The van der Waals surface area contributed by atoms with Gasteiger partial charge in [0.15, 0.2) is 0 Å². The zero-order chi connectivity index (χ0) is 11.7. The fourth-order valence-corrected chi connectivity index (χ4v) is 2.22. The summed E-state index contributed by atoms with van der Waals surface area (Å²) in [6, 6.07) is 3.08. The summed E-state index contributed by atoms with van der Waals surface area (Å²) in [5, 5.41) is 11.6. The number of nitrogens with one attached hydrogen (secondary N) is 1. The monoisotopic (exact) mass is 280 g/mol. The van der Waals surface area contributed by atoms with E-state index in [9.17, 15) is 10.1 Å². The molecule has 2 aromatic rings. The van der Waals surface area contributed by atoms with Crippen molar-refractivity contribution in [2.45, 2.75) is 6.42 Å². The number of H-pyrrole nitrogens is 1. The highest BCUT2D eigenvalue weighted by Crippen LogP contribution is 2.31. The first-order chi connectivity index (χ1) is 7.63. The summed E-state index contributed by atoms with van der Waals surface area (Å²) in [5.74, 6) is 0. The van der Waals surface area contributed by atoms with E-state index in [0.29, 0.717) is 10.9 Å². The summed E-state index contributed by atoms with van der Waals surface area (Å²) in [5.41, 5.74) is 1.97. The van der Waals surface area contributed by atoms with Gasteiger partial charge in [-0.05, 0) is 27.9 Å². The van der Waals surface area contributed by atoms with E-state index in [0.717, 1.165) is 16.5 Å². The van der Waals surface area contributed by atoms with Crippen molar-refractivity contribution < 1.29 is 4.92 Å². The summed E-state index contributed by atoms with van der Waals surface area (Å²) in [6.45, 7) is 3.66. The lowest BCUT2D eigenvalue weighted by Gasteiger charge is -1.98. The van der Waals surface area contributed by atoms with E-state index in [1.807, 2.05) is 6.20 Å². The molecule has 0 amide bonds. The van der Waals surface area contributed by atoms with Crippen molar-refractivity contribution in [3.63, 3.8) is 0 Å². The van der Waals surface area contributed by atoms with Gasteiger partial charge in [-0.1, -0.05) is 6.08 Å². The number of aromatic nitrogens is 1. The van der Waals surface area contributed by atoms with Crippen LogP contribution in [0.1, 0.15) is 5.56 Å². The maximum absolute atomic E-state index is 10.7. The Morgan fingerprint density at radius 1 is 1.56 bits per heavy atom. The maximum atomic E-state index is 10.7. The van der Waals surface area contributed by atoms with Crippen LogP contribution in [-0.4, -0.2) is 9.91 Å². The van der Waals surface area contributed by atoms with E-state index in [4.69, 9.17) is 0 Å². The van der Waals surface area contributed by atoms with Gasteiger partial charge in [0.1, 0.15) is 0 Å². The number of hydrogen-bond acceptors (Lipinski definition) is 2. The molecule has 0 fully saturated rings. The zero-order valence-corrected chi connectivity index (χ0v) is 9.95. The first kappa shape index (κ1) is 10.9. The van der Waals surface area contributed by atoms with Crippen molar-refractivity contribution in [1.29, 1.82) is 0 Å². The van der Waals surface area contributed by atoms with Crippen LogP contribution >= 0.6 is 15.9 Å². The van der Waals surface area contributed by atoms with Gasteiger partial charge in [0.05, 0.1) is 10.4 Å². The molecule has 0 bridgehead atoms. The Morgan fingerprint density at radius 2 is 2.31 bits per heavy atom. The Labute approximate surface area is 100 Å². The molecular formula is C11H9BrN2O2. The molecule has 1 aromatic carbocycles. The third-order valence-electron chi connectivity index (χ3n) is 2.39. The predicted molar refractivity (Wildman–Crippen MR) is 66.6 cm³/mol. The van der Waals surface area contributed by atoms with Crippen LogP contribution in [0.5, 0.6) is 0 Å². The van der Waals surface area contributed by atoms with Crippen LogP contribution in [0.25, 0.3) is 10.9 Å². The average molecular weight is 281 g/mol. The van der Waals surface area contributed by atoms with E-state index in [2.05, 4.69) is 27.5 Å². The molecule has 5 heteroatoms. The minimum absolute atomic E-state index is 0.0873. The van der Waals surface area contributed by atoms with Crippen LogP contribution in [0, 0.1) is 10.1 Å². The number of nitro groups is 1. The number of nitro benzene ring substituents is 1. The largest absolute Gasteiger partial charge is 0.360 e. The second-order valence-corrected chi connectivity index (χ2v) is 4.27. The van der Waals surface area contributed by atoms with Gasteiger partial charge in [-0.2, -0.15) is 0 Å². The molecule has 0 aliphatic heterocycles. The van der Waals surface area contributed by atoms with Crippen LogP contribution in [0.15, 0.2) is 35.5 Å². The number of aromatic amines is 1. The lowest BCUT2D eigenvalue weighted by molar-refractivity contribution is -0.384. The van der Waals surface area contributed by atoms with Gasteiger partial charge in [0, 0.05) is 28.2 Å². The molecular weight excluding hydrogens is 272 g/mol. The topological polar surface area (TPSA) is 58.9 Å². The number of hydrogen-bond donors (Lipinski definition) is 1. The summed E-state index contributed by atoms with van der Waals surface area (Å²) in [6.07, 6.45) is 4.31. The Balaban J connectivity index is 2.70. The van der Waals surface area contributed by atoms with Crippen LogP contribution < -0.4 is 0 Å². The molecule has 0 spiro atoms. The van der Waals surface area contributed by atoms with Crippen LogP contribution in [0.4, 0.5) is 5.69 Å². The highest BCUT2D eigenvalue weighted by atomic mass is 79.9. The van der Waals surface area contributed by atoms with Gasteiger partial charge in [0.2, 0.25) is 0 Å². The van der Waals surface area contributed by atoms with Gasteiger partial charge in [-0.3, -0.25) is 10.1 Å². The number of benzene rings is 1. The molecule has 16 heavy (non-hydrogen) atoms. The third kappa shape index (κ3) is 1.74. The number of rotatable bonds is 3. The number of fused-ring (bicyclic) bond motifs is 1. The van der Waals surface area contributed by atoms with E-state index in [1.54, 1.807) is 12.1 Å². The standard InChI is InChI=1S/C11H9BrN2O2/c1-2-3-7-6-13-11-9(7)4-8(14(15)16)5-10(11)12/h2,4-6,13H,1,3H2. The molecule has 0 unspecified atom stereocenters. The fourth-order valence-electron chi connectivity index (χ4n) is 1.66. The fraction of sp³-hybridized carbons (Fsp3) is 0.0909. The van der Waals surface area contributed by atoms with E-state index in [-0.39, 0.29) is 5.69 Å². The molecule has 1 N–H and O–H groups in total. The smallest absolute Gasteiger partial charge is 0.271 e. The first-order valence-corrected chi connectivity index (χ1v) is 5.47. The molecule has 0 radical (unpaired) electrons. The van der Waals surface area contributed by atoms with Crippen molar-refractivity contribution in [3.8, 4) is 0 Å². The molecule has 0 aliphatic carbocycles. The molecule has 2 rings (SSSR count). The zero-order valence-electron chi connectivity index (χ0n) is 8.37. The first-order valence-electron chi connectivity index (χ1n) is 4.68. The van der Waals surface area contributed by atoms with Crippen LogP contribution in [0.2, 0.25) is 0 Å². The molecule has 0 saturated carbocycles. The minimum atomic E-state index is -0.394. The molecule has 0 saturated heterocycles. The van der Waals surface area contributed by atoms with Crippen molar-refractivity contribution in [1.82, 2.24) is 4.98 Å². The van der Waals surface area contributed by atoms with Crippen molar-refractivity contribution >= 4 is 32.5 Å². The normalized spacial score (nSPS) is 10.6. The van der Waals surface area contributed by atoms with Crippen molar-refractivity contribution in [2.24, 2.45) is 0 Å². The quantitative estimate of drug-likeness (QED) is 0.531. The maximum Gasteiger partial charge on any atom is 0.271 e. The van der Waals surface area contributed by atoms with E-state index >= 15 is 0 Å². The van der Waals surface area contributed by atoms with Crippen molar-refractivity contribution in [2.75, 3.05) is 0 Å². The summed E-state index contributed by atoms with van der Waals surface area (Å²) in [7, 11) is 0. The second-order valence-electron chi connectivity index (χ2n) is 3.41. The Hall–Kier alpha value is -1.62. The SMILES string of the molecule is C=CCc1c[nH]c2c(Br)cc([N+](=O)[O-])cc12. The van der Waals surface area contributed by atoms with Crippen molar-refractivity contribution in [3.05, 3.63) is 51.1 Å². The van der Waals surface area contributed by atoms with Gasteiger partial charge >= 0.3 is 0 Å². The molecule has 82 valence electrons. The third-order valence-corrected chi connectivity index (χ3v) is 3.01. The van der Waals surface area contributed by atoms with Gasteiger partial charge in [-0.25, -0.2) is 0 Å². The van der Waals surface area contributed by atoms with Gasteiger partial charge in [0.25, 0.3) is 5.69 Å². The highest BCUT2D eigenvalue weighted by Gasteiger charge is 2.13. The number of allylic oxidation sites excluding steroid dienone is 1. The highest BCUT2D eigenvalue weighted by molar-refractivity contribution is 9.10.